The van der Waals surface area contributed by atoms with E-state index in [0.29, 0.717) is 5.02 Å². The molecule has 1 unspecified atom stereocenters. The van der Waals surface area contributed by atoms with Crippen molar-refractivity contribution >= 4 is 39.2 Å². The van der Waals surface area contributed by atoms with Crippen LogP contribution in [-0.2, 0) is 9.59 Å². The Labute approximate surface area is 133 Å². The number of carbonyl (C=O) groups is 2. The number of carbonyl (C=O) groups excluding carboxylic acids is 2. The standard InChI is InChI=1S/C15H19BrClNO2/c1-8(2)15-12(6-11(17)7-13(15)16)14(5-9(3)19)18-10(4)20/h6-8,14H,5H2,1-4H3,(H,18,20). The zero-order valence-corrected chi connectivity index (χ0v) is 14.4. The summed E-state index contributed by atoms with van der Waals surface area (Å²) in [6.07, 6.45) is 0.256. The molecule has 0 saturated heterocycles. The van der Waals surface area contributed by atoms with Crippen molar-refractivity contribution in [3.8, 4) is 0 Å². The van der Waals surface area contributed by atoms with E-state index in [-0.39, 0.29) is 30.1 Å². The highest BCUT2D eigenvalue weighted by Gasteiger charge is 2.22. The molecule has 0 heterocycles. The van der Waals surface area contributed by atoms with Crippen molar-refractivity contribution in [1.29, 1.82) is 0 Å². The first kappa shape index (κ1) is 17.2. The SMILES string of the molecule is CC(=O)CC(NC(C)=O)c1cc(Cl)cc(Br)c1C(C)C. The largest absolute Gasteiger partial charge is 0.349 e. The molecule has 0 aliphatic heterocycles. The van der Waals surface area contributed by atoms with Gasteiger partial charge < -0.3 is 5.32 Å². The summed E-state index contributed by atoms with van der Waals surface area (Å²) in [6.45, 7) is 7.09. The lowest BCUT2D eigenvalue weighted by Crippen LogP contribution is -2.28. The molecule has 0 fully saturated rings. The lowest BCUT2D eigenvalue weighted by Gasteiger charge is -2.23. The average Bonchev–Trinajstić information content (AvgIpc) is 2.24. The van der Waals surface area contributed by atoms with E-state index in [9.17, 15) is 9.59 Å². The van der Waals surface area contributed by atoms with Crippen LogP contribution in [-0.4, -0.2) is 11.7 Å². The van der Waals surface area contributed by atoms with Gasteiger partial charge in [-0.15, -0.1) is 0 Å². The normalized spacial score (nSPS) is 12.3. The fraction of sp³-hybridized carbons (Fsp3) is 0.467. The van der Waals surface area contributed by atoms with Crippen LogP contribution in [0.1, 0.15) is 57.2 Å². The zero-order chi connectivity index (χ0) is 15.4. The summed E-state index contributed by atoms with van der Waals surface area (Å²) in [6, 6.07) is 3.31. The van der Waals surface area contributed by atoms with Crippen molar-refractivity contribution in [3.05, 3.63) is 32.8 Å². The molecule has 5 heteroatoms. The van der Waals surface area contributed by atoms with Crippen LogP contribution in [0.3, 0.4) is 0 Å². The number of hydrogen-bond donors (Lipinski definition) is 1. The van der Waals surface area contributed by atoms with Crippen molar-refractivity contribution in [2.24, 2.45) is 0 Å². The van der Waals surface area contributed by atoms with Gasteiger partial charge in [-0.2, -0.15) is 0 Å². The van der Waals surface area contributed by atoms with Crippen LogP contribution in [0.4, 0.5) is 0 Å². The number of rotatable bonds is 5. The van der Waals surface area contributed by atoms with E-state index in [1.165, 1.54) is 13.8 Å². The molecule has 0 aliphatic carbocycles. The Bertz CT molecular complexity index is 513. The molecule has 1 atom stereocenters. The zero-order valence-electron chi connectivity index (χ0n) is 12.1. The van der Waals surface area contributed by atoms with Gasteiger partial charge >= 0.3 is 0 Å². The maximum absolute atomic E-state index is 11.5. The second-order valence-electron chi connectivity index (χ2n) is 5.20. The molecule has 110 valence electrons. The maximum Gasteiger partial charge on any atom is 0.217 e. The molecule has 0 bridgehead atoms. The Hall–Kier alpha value is -0.870. The predicted molar refractivity (Wildman–Crippen MR) is 85.1 cm³/mol. The van der Waals surface area contributed by atoms with Crippen LogP contribution >= 0.6 is 27.5 Å². The molecule has 1 aromatic rings. The molecule has 1 amide bonds. The summed E-state index contributed by atoms with van der Waals surface area (Å²) in [5, 5.41) is 3.42. The third-order valence-electron chi connectivity index (χ3n) is 2.95. The monoisotopic (exact) mass is 359 g/mol. The maximum atomic E-state index is 11.5. The minimum Gasteiger partial charge on any atom is -0.349 e. The van der Waals surface area contributed by atoms with E-state index < -0.39 is 0 Å². The summed E-state index contributed by atoms with van der Waals surface area (Å²) in [4.78, 5) is 22.9. The second-order valence-corrected chi connectivity index (χ2v) is 6.50. The molecule has 0 aromatic heterocycles. The second kappa shape index (κ2) is 7.23. The fourth-order valence-electron chi connectivity index (χ4n) is 2.27. The van der Waals surface area contributed by atoms with Gasteiger partial charge in [-0.25, -0.2) is 0 Å². The molecule has 0 radical (unpaired) electrons. The highest BCUT2D eigenvalue weighted by atomic mass is 79.9. The highest BCUT2D eigenvalue weighted by Crippen LogP contribution is 2.35. The minimum atomic E-state index is -0.350. The molecule has 0 aliphatic rings. The van der Waals surface area contributed by atoms with Crippen molar-refractivity contribution in [2.45, 2.75) is 46.1 Å². The van der Waals surface area contributed by atoms with Gasteiger partial charge in [0.2, 0.25) is 5.91 Å². The Kier molecular flexibility index (Phi) is 6.21. The van der Waals surface area contributed by atoms with Crippen LogP contribution in [0.25, 0.3) is 0 Å². The number of halogens is 2. The van der Waals surface area contributed by atoms with E-state index >= 15 is 0 Å². The Morgan fingerprint density at radius 1 is 1.30 bits per heavy atom. The highest BCUT2D eigenvalue weighted by molar-refractivity contribution is 9.10. The number of Topliss-reactive ketones (excluding diaryl/α,β-unsaturated/α-hetero) is 1. The van der Waals surface area contributed by atoms with Crippen molar-refractivity contribution in [1.82, 2.24) is 5.32 Å². The van der Waals surface area contributed by atoms with E-state index in [1.54, 1.807) is 0 Å². The van der Waals surface area contributed by atoms with Gasteiger partial charge in [-0.3, -0.25) is 9.59 Å². The average molecular weight is 361 g/mol. The third-order valence-corrected chi connectivity index (χ3v) is 3.82. The molecule has 0 saturated carbocycles. The molecule has 1 rings (SSSR count). The number of nitrogens with one attached hydrogen (secondary N) is 1. The summed E-state index contributed by atoms with van der Waals surface area (Å²) in [5.74, 6) is 0.108. The fourth-order valence-corrected chi connectivity index (χ4v) is 3.57. The molecule has 1 aromatic carbocycles. The summed E-state index contributed by atoms with van der Waals surface area (Å²) in [5.41, 5.74) is 1.96. The Balaban J connectivity index is 3.36. The van der Waals surface area contributed by atoms with Crippen LogP contribution in [0.15, 0.2) is 16.6 Å². The molecule has 1 N–H and O–H groups in total. The van der Waals surface area contributed by atoms with Gasteiger partial charge in [0.05, 0.1) is 6.04 Å². The molecular weight excluding hydrogens is 342 g/mol. The predicted octanol–water partition coefficient (Wildman–Crippen LogP) is 4.38. The topological polar surface area (TPSA) is 46.2 Å². The first-order valence-corrected chi connectivity index (χ1v) is 7.64. The van der Waals surface area contributed by atoms with Crippen molar-refractivity contribution in [3.63, 3.8) is 0 Å². The molecule has 3 nitrogen and oxygen atoms in total. The number of hydrogen-bond acceptors (Lipinski definition) is 2. The van der Waals surface area contributed by atoms with E-state index in [4.69, 9.17) is 11.6 Å². The van der Waals surface area contributed by atoms with Crippen LogP contribution < -0.4 is 5.32 Å². The quantitative estimate of drug-likeness (QED) is 0.847. The van der Waals surface area contributed by atoms with Gasteiger partial charge in [0.25, 0.3) is 0 Å². The van der Waals surface area contributed by atoms with E-state index in [0.717, 1.165) is 15.6 Å². The van der Waals surface area contributed by atoms with Gasteiger partial charge in [-0.1, -0.05) is 41.4 Å². The smallest absolute Gasteiger partial charge is 0.217 e. The van der Waals surface area contributed by atoms with Crippen LogP contribution in [0.5, 0.6) is 0 Å². The van der Waals surface area contributed by atoms with Gasteiger partial charge in [0.1, 0.15) is 5.78 Å². The number of benzene rings is 1. The first-order chi connectivity index (χ1) is 9.22. The van der Waals surface area contributed by atoms with Crippen molar-refractivity contribution in [2.75, 3.05) is 0 Å². The van der Waals surface area contributed by atoms with Crippen LogP contribution in [0, 0.1) is 0 Å². The number of amides is 1. The molecule has 0 spiro atoms. The van der Waals surface area contributed by atoms with Gasteiger partial charge in [0.15, 0.2) is 0 Å². The Morgan fingerprint density at radius 3 is 2.35 bits per heavy atom. The Morgan fingerprint density at radius 2 is 1.90 bits per heavy atom. The molecular formula is C15H19BrClNO2. The lowest BCUT2D eigenvalue weighted by molar-refractivity contribution is -0.120. The summed E-state index contributed by atoms with van der Waals surface area (Å²) < 4.78 is 0.897. The minimum absolute atomic E-state index is 0.0227. The van der Waals surface area contributed by atoms with E-state index in [1.807, 2.05) is 12.1 Å². The van der Waals surface area contributed by atoms with Gasteiger partial charge in [-0.05, 0) is 36.1 Å². The lowest BCUT2D eigenvalue weighted by atomic mass is 9.90. The summed E-state index contributed by atoms with van der Waals surface area (Å²) in [7, 11) is 0. The first-order valence-electron chi connectivity index (χ1n) is 6.47. The summed E-state index contributed by atoms with van der Waals surface area (Å²) >= 11 is 9.63. The van der Waals surface area contributed by atoms with Gasteiger partial charge in [0, 0.05) is 22.8 Å². The molecule has 20 heavy (non-hydrogen) atoms. The van der Waals surface area contributed by atoms with Crippen LogP contribution in [0.2, 0.25) is 5.02 Å². The number of ketones is 1. The van der Waals surface area contributed by atoms with Crippen molar-refractivity contribution < 1.29 is 9.59 Å². The third kappa shape index (κ3) is 4.60. The van der Waals surface area contributed by atoms with E-state index in [2.05, 4.69) is 35.1 Å².